The molecule has 0 unspecified atom stereocenters. The third-order valence-electron chi connectivity index (χ3n) is 2.87. The van der Waals surface area contributed by atoms with Crippen molar-refractivity contribution in [2.24, 2.45) is 5.92 Å². The topological polar surface area (TPSA) is 21.7 Å². The van der Waals surface area contributed by atoms with Crippen molar-refractivity contribution in [3.8, 4) is 0 Å². The van der Waals surface area contributed by atoms with Gasteiger partial charge in [0.15, 0.2) is 0 Å². The molecule has 102 valence electrons. The van der Waals surface area contributed by atoms with Crippen molar-refractivity contribution >= 4 is 0 Å². The van der Waals surface area contributed by atoms with Crippen LogP contribution in [0.1, 0.15) is 41.5 Å². The molecule has 0 radical (unpaired) electrons. The average molecular weight is 243 g/mol. The van der Waals surface area contributed by atoms with Crippen LogP contribution in [-0.4, -0.2) is 49.0 Å². The molecule has 1 aliphatic rings. The minimum absolute atomic E-state index is 0.0279. The SMILES string of the molecule is C[C@H](COC(C)(C)C)CN1C[C@@H](C)O[C@@H](C)C1. The Morgan fingerprint density at radius 1 is 1.24 bits per heavy atom. The minimum Gasteiger partial charge on any atom is -0.376 e. The number of ether oxygens (including phenoxy) is 2. The number of hydrogen-bond acceptors (Lipinski definition) is 3. The first-order valence-electron chi connectivity index (χ1n) is 6.78. The van der Waals surface area contributed by atoms with Crippen molar-refractivity contribution in [3.63, 3.8) is 0 Å². The van der Waals surface area contributed by atoms with E-state index in [0.717, 1.165) is 26.2 Å². The van der Waals surface area contributed by atoms with Gasteiger partial charge >= 0.3 is 0 Å². The van der Waals surface area contributed by atoms with E-state index in [4.69, 9.17) is 9.47 Å². The second-order valence-electron chi connectivity index (χ2n) is 6.50. The molecule has 3 heteroatoms. The van der Waals surface area contributed by atoms with Crippen LogP contribution in [0.25, 0.3) is 0 Å². The molecule has 17 heavy (non-hydrogen) atoms. The fraction of sp³-hybridized carbons (Fsp3) is 1.00. The highest BCUT2D eigenvalue weighted by molar-refractivity contribution is 4.74. The molecule has 1 saturated heterocycles. The summed E-state index contributed by atoms with van der Waals surface area (Å²) in [7, 11) is 0. The van der Waals surface area contributed by atoms with Gasteiger partial charge in [-0.15, -0.1) is 0 Å². The van der Waals surface area contributed by atoms with Crippen LogP contribution in [0.3, 0.4) is 0 Å². The average Bonchev–Trinajstić information content (AvgIpc) is 2.11. The van der Waals surface area contributed by atoms with Gasteiger partial charge in [-0.2, -0.15) is 0 Å². The standard InChI is InChI=1S/C14H29NO2/c1-11(10-16-14(4,5)6)7-15-8-12(2)17-13(3)9-15/h11-13H,7-10H2,1-6H3/t11-,12-,13+/m0/s1. The summed E-state index contributed by atoms with van der Waals surface area (Å²) in [5, 5.41) is 0. The molecule has 1 fully saturated rings. The fourth-order valence-corrected chi connectivity index (χ4v) is 2.32. The van der Waals surface area contributed by atoms with Gasteiger partial charge in [-0.1, -0.05) is 6.92 Å². The van der Waals surface area contributed by atoms with E-state index in [-0.39, 0.29) is 5.60 Å². The number of nitrogens with zero attached hydrogens (tertiary/aromatic N) is 1. The van der Waals surface area contributed by atoms with Crippen LogP contribution in [0.2, 0.25) is 0 Å². The zero-order valence-electron chi connectivity index (χ0n) is 12.3. The van der Waals surface area contributed by atoms with Crippen LogP contribution in [0.5, 0.6) is 0 Å². The summed E-state index contributed by atoms with van der Waals surface area (Å²) in [5.74, 6) is 0.576. The molecule has 3 atom stereocenters. The van der Waals surface area contributed by atoms with Gasteiger partial charge in [-0.25, -0.2) is 0 Å². The van der Waals surface area contributed by atoms with Crippen molar-refractivity contribution in [2.45, 2.75) is 59.4 Å². The molecule has 0 aliphatic carbocycles. The first-order chi connectivity index (χ1) is 7.76. The Morgan fingerprint density at radius 3 is 2.24 bits per heavy atom. The highest BCUT2D eigenvalue weighted by atomic mass is 16.5. The lowest BCUT2D eigenvalue weighted by atomic mass is 10.1. The maximum atomic E-state index is 5.83. The molecule has 0 saturated carbocycles. The fourth-order valence-electron chi connectivity index (χ4n) is 2.32. The maximum absolute atomic E-state index is 5.83. The predicted molar refractivity (Wildman–Crippen MR) is 71.3 cm³/mol. The number of morpholine rings is 1. The maximum Gasteiger partial charge on any atom is 0.0678 e. The molecule has 1 heterocycles. The van der Waals surface area contributed by atoms with Crippen molar-refractivity contribution in [3.05, 3.63) is 0 Å². The predicted octanol–water partition coefficient (Wildman–Crippen LogP) is 2.55. The molecule has 0 aromatic rings. The second kappa shape index (κ2) is 6.17. The van der Waals surface area contributed by atoms with Crippen LogP contribution >= 0.6 is 0 Å². The lowest BCUT2D eigenvalue weighted by molar-refractivity contribution is -0.0785. The summed E-state index contributed by atoms with van der Waals surface area (Å²) in [5.41, 5.74) is -0.0279. The quantitative estimate of drug-likeness (QED) is 0.757. The monoisotopic (exact) mass is 243 g/mol. The summed E-state index contributed by atoms with van der Waals surface area (Å²) in [6.07, 6.45) is 0.712. The van der Waals surface area contributed by atoms with Gasteiger partial charge in [0, 0.05) is 19.6 Å². The Labute approximate surface area is 106 Å². The van der Waals surface area contributed by atoms with E-state index in [9.17, 15) is 0 Å². The van der Waals surface area contributed by atoms with Gasteiger partial charge in [-0.05, 0) is 40.5 Å². The Hall–Kier alpha value is -0.120. The third-order valence-corrected chi connectivity index (χ3v) is 2.87. The third kappa shape index (κ3) is 6.39. The van der Waals surface area contributed by atoms with E-state index in [2.05, 4.69) is 46.4 Å². The Kier molecular flexibility index (Phi) is 5.42. The van der Waals surface area contributed by atoms with Gasteiger partial charge in [0.25, 0.3) is 0 Å². The van der Waals surface area contributed by atoms with Crippen LogP contribution < -0.4 is 0 Å². The molecule has 0 N–H and O–H groups in total. The van der Waals surface area contributed by atoms with Crippen molar-refractivity contribution in [2.75, 3.05) is 26.2 Å². The van der Waals surface area contributed by atoms with E-state index in [1.165, 1.54) is 0 Å². The van der Waals surface area contributed by atoms with Gasteiger partial charge in [0.05, 0.1) is 24.4 Å². The Morgan fingerprint density at radius 2 is 1.76 bits per heavy atom. The van der Waals surface area contributed by atoms with Crippen molar-refractivity contribution in [1.82, 2.24) is 4.90 Å². The van der Waals surface area contributed by atoms with Gasteiger partial charge in [0.1, 0.15) is 0 Å². The Balaban J connectivity index is 2.28. The first kappa shape index (κ1) is 14.9. The number of rotatable bonds is 4. The molecule has 3 nitrogen and oxygen atoms in total. The zero-order valence-corrected chi connectivity index (χ0v) is 12.3. The van der Waals surface area contributed by atoms with Crippen LogP contribution in [-0.2, 0) is 9.47 Å². The molecule has 1 rings (SSSR count). The van der Waals surface area contributed by atoms with E-state index >= 15 is 0 Å². The molecule has 0 spiro atoms. The van der Waals surface area contributed by atoms with Crippen molar-refractivity contribution in [1.29, 1.82) is 0 Å². The summed E-state index contributed by atoms with van der Waals surface area (Å²) >= 11 is 0. The van der Waals surface area contributed by atoms with Gasteiger partial charge < -0.3 is 9.47 Å². The normalized spacial score (nSPS) is 29.3. The van der Waals surface area contributed by atoms with Crippen LogP contribution in [0.15, 0.2) is 0 Å². The van der Waals surface area contributed by atoms with E-state index in [0.29, 0.717) is 18.1 Å². The van der Waals surface area contributed by atoms with E-state index in [1.807, 2.05) is 0 Å². The van der Waals surface area contributed by atoms with Crippen LogP contribution in [0, 0.1) is 5.92 Å². The van der Waals surface area contributed by atoms with Gasteiger partial charge in [-0.3, -0.25) is 4.90 Å². The summed E-state index contributed by atoms with van der Waals surface area (Å²) in [4.78, 5) is 2.50. The lowest BCUT2D eigenvalue weighted by Crippen LogP contribution is -2.47. The summed E-state index contributed by atoms with van der Waals surface area (Å²) in [6, 6.07) is 0. The summed E-state index contributed by atoms with van der Waals surface area (Å²) < 4.78 is 11.6. The molecule has 0 aromatic carbocycles. The largest absolute Gasteiger partial charge is 0.376 e. The molecule has 0 amide bonds. The first-order valence-corrected chi connectivity index (χ1v) is 6.78. The molecular weight excluding hydrogens is 214 g/mol. The second-order valence-corrected chi connectivity index (χ2v) is 6.50. The van der Waals surface area contributed by atoms with Crippen molar-refractivity contribution < 1.29 is 9.47 Å². The van der Waals surface area contributed by atoms with Crippen LogP contribution in [0.4, 0.5) is 0 Å². The molecule has 0 aromatic heterocycles. The van der Waals surface area contributed by atoms with E-state index in [1.54, 1.807) is 0 Å². The molecular formula is C14H29NO2. The smallest absolute Gasteiger partial charge is 0.0678 e. The minimum atomic E-state index is -0.0279. The highest BCUT2D eigenvalue weighted by Crippen LogP contribution is 2.14. The van der Waals surface area contributed by atoms with Gasteiger partial charge in [0.2, 0.25) is 0 Å². The van der Waals surface area contributed by atoms with E-state index < -0.39 is 0 Å². The lowest BCUT2D eigenvalue weighted by Gasteiger charge is -2.37. The highest BCUT2D eigenvalue weighted by Gasteiger charge is 2.23. The summed E-state index contributed by atoms with van der Waals surface area (Å²) in [6.45, 7) is 16.9. The Bertz CT molecular complexity index is 215. The molecule has 1 aliphatic heterocycles. The zero-order chi connectivity index (χ0) is 13.1. The molecule has 0 bridgehead atoms. The number of hydrogen-bond donors (Lipinski definition) is 0.